The third kappa shape index (κ3) is 5.17. The van der Waals surface area contributed by atoms with Gasteiger partial charge in [0, 0.05) is 12.0 Å². The summed E-state index contributed by atoms with van der Waals surface area (Å²) in [5.41, 5.74) is 2.87. The first-order chi connectivity index (χ1) is 13.6. The minimum atomic E-state index is -1.07. The lowest BCUT2D eigenvalue weighted by Crippen LogP contribution is -2.42. The second kappa shape index (κ2) is 9.33. The van der Waals surface area contributed by atoms with Crippen LogP contribution in [0, 0.1) is 0 Å². The van der Waals surface area contributed by atoms with Gasteiger partial charge >= 0.3 is 5.97 Å². The van der Waals surface area contributed by atoms with E-state index in [2.05, 4.69) is 5.32 Å². The first-order valence-corrected chi connectivity index (χ1v) is 9.03. The summed E-state index contributed by atoms with van der Waals surface area (Å²) in [6, 6.07) is 27.0. The van der Waals surface area contributed by atoms with Crippen LogP contribution in [0.15, 0.2) is 91.0 Å². The van der Waals surface area contributed by atoms with E-state index in [9.17, 15) is 14.7 Å². The Morgan fingerprint density at radius 3 is 1.93 bits per heavy atom. The molecule has 0 aliphatic carbocycles. The molecule has 1 unspecified atom stereocenters. The molecule has 0 bridgehead atoms. The maximum atomic E-state index is 13.0. The number of carbonyl (C=O) groups is 2. The van der Waals surface area contributed by atoms with Gasteiger partial charge in [0.25, 0.3) is 5.91 Å². The standard InChI is InChI=1S/C24H21NO3/c26-23(25-22(24(27)28)17-19-12-6-2-7-13-19)21(20-14-8-3-9-15-20)16-18-10-4-1-5-11-18/h1-16,22H,17H2,(H,25,26)(H,27,28)/b21-16+. The van der Waals surface area contributed by atoms with Gasteiger partial charge in [0.05, 0.1) is 0 Å². The van der Waals surface area contributed by atoms with Crippen LogP contribution in [0.25, 0.3) is 11.6 Å². The zero-order valence-corrected chi connectivity index (χ0v) is 15.3. The molecule has 4 heteroatoms. The Bertz CT molecular complexity index is 951. The van der Waals surface area contributed by atoms with Crippen molar-refractivity contribution < 1.29 is 14.7 Å². The van der Waals surface area contributed by atoms with Crippen LogP contribution in [-0.2, 0) is 16.0 Å². The molecule has 0 saturated heterocycles. The predicted molar refractivity (Wildman–Crippen MR) is 110 cm³/mol. The molecule has 3 aromatic rings. The maximum Gasteiger partial charge on any atom is 0.326 e. The lowest BCUT2D eigenvalue weighted by atomic mass is 10.0. The molecule has 4 nitrogen and oxygen atoms in total. The Hall–Kier alpha value is -3.66. The van der Waals surface area contributed by atoms with Gasteiger partial charge in [0.15, 0.2) is 0 Å². The fourth-order valence-electron chi connectivity index (χ4n) is 2.90. The first kappa shape index (κ1) is 19.1. The molecule has 3 rings (SSSR count). The van der Waals surface area contributed by atoms with Crippen LogP contribution < -0.4 is 5.32 Å². The Balaban J connectivity index is 1.88. The van der Waals surface area contributed by atoms with Crippen molar-refractivity contribution in [3.63, 3.8) is 0 Å². The minimum absolute atomic E-state index is 0.218. The van der Waals surface area contributed by atoms with Gasteiger partial charge < -0.3 is 10.4 Å². The van der Waals surface area contributed by atoms with Crippen LogP contribution in [-0.4, -0.2) is 23.0 Å². The lowest BCUT2D eigenvalue weighted by molar-refractivity contribution is -0.141. The normalized spacial score (nSPS) is 12.2. The number of aliphatic carboxylic acids is 1. The van der Waals surface area contributed by atoms with Crippen molar-refractivity contribution >= 4 is 23.5 Å². The number of nitrogens with one attached hydrogen (secondary N) is 1. The minimum Gasteiger partial charge on any atom is -0.480 e. The average molecular weight is 371 g/mol. The Labute approximate surface area is 164 Å². The molecule has 0 aromatic heterocycles. The molecule has 0 aliphatic rings. The summed E-state index contributed by atoms with van der Waals surface area (Å²) in [5.74, 6) is -1.48. The third-order valence-electron chi connectivity index (χ3n) is 4.33. The van der Waals surface area contributed by atoms with E-state index in [0.29, 0.717) is 5.57 Å². The molecular formula is C24H21NO3. The molecule has 3 aromatic carbocycles. The highest BCUT2D eigenvalue weighted by molar-refractivity contribution is 6.24. The van der Waals surface area contributed by atoms with E-state index < -0.39 is 17.9 Å². The molecule has 140 valence electrons. The van der Waals surface area contributed by atoms with E-state index >= 15 is 0 Å². The Kier molecular flexibility index (Phi) is 6.37. The van der Waals surface area contributed by atoms with Gasteiger partial charge in [-0.2, -0.15) is 0 Å². The van der Waals surface area contributed by atoms with Crippen LogP contribution >= 0.6 is 0 Å². The summed E-state index contributed by atoms with van der Waals surface area (Å²) in [4.78, 5) is 24.7. The van der Waals surface area contributed by atoms with Crippen molar-refractivity contribution in [2.24, 2.45) is 0 Å². The smallest absolute Gasteiger partial charge is 0.326 e. The van der Waals surface area contributed by atoms with Gasteiger partial charge in [-0.15, -0.1) is 0 Å². The summed E-state index contributed by atoms with van der Waals surface area (Å²) < 4.78 is 0. The van der Waals surface area contributed by atoms with E-state index in [1.54, 1.807) is 6.08 Å². The van der Waals surface area contributed by atoms with Crippen LogP contribution in [0.1, 0.15) is 16.7 Å². The summed E-state index contributed by atoms with van der Waals surface area (Å²) in [5, 5.41) is 12.3. The highest BCUT2D eigenvalue weighted by atomic mass is 16.4. The van der Waals surface area contributed by atoms with E-state index in [-0.39, 0.29) is 6.42 Å². The number of carboxylic acid groups (broad SMARTS) is 1. The van der Waals surface area contributed by atoms with Crippen molar-refractivity contribution in [1.82, 2.24) is 5.32 Å². The van der Waals surface area contributed by atoms with Gasteiger partial charge in [-0.25, -0.2) is 4.79 Å². The van der Waals surface area contributed by atoms with Crippen LogP contribution in [0.5, 0.6) is 0 Å². The van der Waals surface area contributed by atoms with Crippen molar-refractivity contribution in [3.8, 4) is 0 Å². The monoisotopic (exact) mass is 371 g/mol. The molecule has 0 spiro atoms. The predicted octanol–water partition coefficient (Wildman–Crippen LogP) is 4.04. The van der Waals surface area contributed by atoms with Crippen molar-refractivity contribution in [3.05, 3.63) is 108 Å². The summed E-state index contributed by atoms with van der Waals surface area (Å²) >= 11 is 0. The highest BCUT2D eigenvalue weighted by Gasteiger charge is 2.23. The van der Waals surface area contributed by atoms with Crippen LogP contribution in [0.2, 0.25) is 0 Å². The van der Waals surface area contributed by atoms with E-state index in [1.165, 1.54) is 0 Å². The fourth-order valence-corrected chi connectivity index (χ4v) is 2.90. The zero-order chi connectivity index (χ0) is 19.8. The van der Waals surface area contributed by atoms with E-state index in [4.69, 9.17) is 0 Å². The van der Waals surface area contributed by atoms with Crippen LogP contribution in [0.3, 0.4) is 0 Å². The number of hydrogen-bond acceptors (Lipinski definition) is 2. The number of carbonyl (C=O) groups excluding carboxylic acids is 1. The maximum absolute atomic E-state index is 13.0. The fraction of sp³-hybridized carbons (Fsp3) is 0.0833. The molecule has 1 atom stereocenters. The van der Waals surface area contributed by atoms with E-state index in [1.807, 2.05) is 91.0 Å². The number of amides is 1. The van der Waals surface area contributed by atoms with Gasteiger partial charge in [0.2, 0.25) is 0 Å². The van der Waals surface area contributed by atoms with Gasteiger partial charge in [-0.3, -0.25) is 4.79 Å². The molecule has 0 fully saturated rings. The second-order valence-corrected chi connectivity index (χ2v) is 6.39. The summed E-state index contributed by atoms with van der Waals surface area (Å²) in [6.07, 6.45) is 1.99. The molecule has 0 saturated carbocycles. The summed E-state index contributed by atoms with van der Waals surface area (Å²) in [7, 11) is 0. The van der Waals surface area contributed by atoms with Crippen LogP contribution in [0.4, 0.5) is 0 Å². The number of rotatable bonds is 7. The number of carboxylic acids is 1. The molecule has 2 N–H and O–H groups in total. The van der Waals surface area contributed by atoms with E-state index in [0.717, 1.165) is 16.7 Å². The Morgan fingerprint density at radius 2 is 1.36 bits per heavy atom. The molecule has 0 aliphatic heterocycles. The van der Waals surface area contributed by atoms with Gasteiger partial charge in [-0.05, 0) is 22.8 Å². The first-order valence-electron chi connectivity index (χ1n) is 9.03. The van der Waals surface area contributed by atoms with Crippen molar-refractivity contribution in [2.75, 3.05) is 0 Å². The largest absolute Gasteiger partial charge is 0.480 e. The highest BCUT2D eigenvalue weighted by Crippen LogP contribution is 2.19. The van der Waals surface area contributed by atoms with Gasteiger partial charge in [-0.1, -0.05) is 91.0 Å². The molecule has 28 heavy (non-hydrogen) atoms. The SMILES string of the molecule is O=C(NC(Cc1ccccc1)C(=O)O)/C(=C/c1ccccc1)c1ccccc1. The zero-order valence-electron chi connectivity index (χ0n) is 15.3. The topological polar surface area (TPSA) is 66.4 Å². The quantitative estimate of drug-likeness (QED) is 0.487. The van der Waals surface area contributed by atoms with Gasteiger partial charge in [0.1, 0.15) is 6.04 Å². The van der Waals surface area contributed by atoms with Crippen molar-refractivity contribution in [2.45, 2.75) is 12.5 Å². The molecule has 0 heterocycles. The van der Waals surface area contributed by atoms with Crippen molar-refractivity contribution in [1.29, 1.82) is 0 Å². The average Bonchev–Trinajstić information content (AvgIpc) is 2.73. The number of benzene rings is 3. The molecular weight excluding hydrogens is 350 g/mol. The molecule has 0 radical (unpaired) electrons. The second-order valence-electron chi connectivity index (χ2n) is 6.39. The lowest BCUT2D eigenvalue weighted by Gasteiger charge is -2.16. The third-order valence-corrected chi connectivity index (χ3v) is 4.33. The molecule has 1 amide bonds. The summed E-state index contributed by atoms with van der Waals surface area (Å²) in [6.45, 7) is 0. The number of hydrogen-bond donors (Lipinski definition) is 2. The Morgan fingerprint density at radius 1 is 0.821 bits per heavy atom.